The summed E-state index contributed by atoms with van der Waals surface area (Å²) < 4.78 is 8.57. The van der Waals surface area contributed by atoms with Crippen molar-refractivity contribution in [3.8, 4) is 0 Å². The maximum atomic E-state index is 12.6. The van der Waals surface area contributed by atoms with E-state index in [1.54, 1.807) is 0 Å². The monoisotopic (exact) mass is 342 g/mol. The lowest BCUT2D eigenvalue weighted by Gasteiger charge is -2.17. The molecule has 1 aromatic rings. The first-order valence-electron chi connectivity index (χ1n) is 7.25. The predicted molar refractivity (Wildman–Crippen MR) is 81.7 cm³/mol. The fourth-order valence-electron chi connectivity index (χ4n) is 3.12. The van der Waals surface area contributed by atoms with Crippen LogP contribution < -0.4 is 0 Å². The summed E-state index contributed by atoms with van der Waals surface area (Å²) in [6.07, 6.45) is 1.43. The average Bonchev–Trinajstić information content (AvgIpc) is 2.79. The molecular formula is C15H23BrN2O2. The summed E-state index contributed by atoms with van der Waals surface area (Å²) in [5.74, 6) is 0.507. The lowest BCUT2D eigenvalue weighted by atomic mass is 9.84. The van der Waals surface area contributed by atoms with Gasteiger partial charge in [0.15, 0.2) is 0 Å². The van der Waals surface area contributed by atoms with Gasteiger partial charge in [0.05, 0.1) is 28.1 Å². The van der Waals surface area contributed by atoms with Crippen LogP contribution in [0.1, 0.15) is 39.1 Å². The second-order valence-corrected chi connectivity index (χ2v) is 6.55. The Labute approximate surface area is 129 Å². The molecule has 4 nitrogen and oxygen atoms in total. The summed E-state index contributed by atoms with van der Waals surface area (Å²) in [5.41, 5.74) is 1.97. The third-order valence-corrected chi connectivity index (χ3v) is 5.37. The molecule has 2 rings (SSSR count). The molecule has 0 radical (unpaired) electrons. The van der Waals surface area contributed by atoms with Crippen molar-refractivity contribution in [2.45, 2.75) is 52.7 Å². The molecule has 1 aliphatic heterocycles. The van der Waals surface area contributed by atoms with Gasteiger partial charge in [-0.3, -0.25) is 9.48 Å². The number of Topliss-reactive ketones (excluding diaryl/α,β-unsaturated/α-hetero) is 1. The van der Waals surface area contributed by atoms with Crippen molar-refractivity contribution < 1.29 is 9.53 Å². The molecule has 5 heteroatoms. The Bertz CT molecular complexity index is 512. The summed E-state index contributed by atoms with van der Waals surface area (Å²) in [7, 11) is 1.90. The molecule has 20 heavy (non-hydrogen) atoms. The molecule has 4 atom stereocenters. The predicted octanol–water partition coefficient (Wildman–Crippen LogP) is 2.92. The van der Waals surface area contributed by atoms with Gasteiger partial charge in [-0.1, -0.05) is 13.8 Å². The minimum absolute atomic E-state index is 0.00477. The Morgan fingerprint density at radius 3 is 2.45 bits per heavy atom. The van der Waals surface area contributed by atoms with E-state index >= 15 is 0 Å². The van der Waals surface area contributed by atoms with E-state index in [4.69, 9.17) is 4.74 Å². The summed E-state index contributed by atoms with van der Waals surface area (Å²) in [4.78, 5) is 12.6. The van der Waals surface area contributed by atoms with Crippen LogP contribution in [0.2, 0.25) is 0 Å². The SMILES string of the molecule is CCc1nn(C)c(CC(=O)C2C(C)OC(C)C2C)c1Br. The van der Waals surface area contributed by atoms with Gasteiger partial charge in [-0.25, -0.2) is 0 Å². The van der Waals surface area contributed by atoms with E-state index in [0.29, 0.717) is 6.42 Å². The molecule has 0 aliphatic carbocycles. The minimum Gasteiger partial charge on any atom is -0.375 e. The van der Waals surface area contributed by atoms with Crippen LogP contribution in [0.25, 0.3) is 0 Å². The van der Waals surface area contributed by atoms with Gasteiger partial charge < -0.3 is 4.74 Å². The van der Waals surface area contributed by atoms with Crippen molar-refractivity contribution in [3.05, 3.63) is 15.9 Å². The number of ketones is 1. The summed E-state index contributed by atoms with van der Waals surface area (Å²) in [6, 6.07) is 0. The Morgan fingerprint density at radius 2 is 2.00 bits per heavy atom. The van der Waals surface area contributed by atoms with Gasteiger partial charge in [-0.05, 0) is 42.1 Å². The van der Waals surface area contributed by atoms with E-state index in [-0.39, 0.29) is 29.8 Å². The van der Waals surface area contributed by atoms with Crippen LogP contribution in [0.15, 0.2) is 4.47 Å². The zero-order valence-electron chi connectivity index (χ0n) is 12.8. The maximum absolute atomic E-state index is 12.6. The first-order valence-corrected chi connectivity index (χ1v) is 8.04. The number of carbonyl (C=O) groups is 1. The van der Waals surface area contributed by atoms with E-state index in [1.165, 1.54) is 0 Å². The second kappa shape index (κ2) is 5.98. The number of halogens is 1. The quantitative estimate of drug-likeness (QED) is 0.844. The molecule has 112 valence electrons. The van der Waals surface area contributed by atoms with Crippen LogP contribution in [0.5, 0.6) is 0 Å². The minimum atomic E-state index is -0.0168. The number of aromatic nitrogens is 2. The average molecular weight is 343 g/mol. The number of hydrogen-bond donors (Lipinski definition) is 0. The topological polar surface area (TPSA) is 44.1 Å². The standard InChI is InChI=1S/C15H23BrN2O2/c1-6-11-15(16)12(18(5)17-11)7-13(19)14-8(2)9(3)20-10(14)4/h8-10,14H,6-7H2,1-5H3. The molecule has 0 aromatic carbocycles. The van der Waals surface area contributed by atoms with E-state index in [9.17, 15) is 4.79 Å². The highest BCUT2D eigenvalue weighted by molar-refractivity contribution is 9.10. The van der Waals surface area contributed by atoms with Crippen molar-refractivity contribution >= 4 is 21.7 Å². The number of nitrogens with zero attached hydrogens (tertiary/aromatic N) is 2. The Balaban J connectivity index is 2.18. The van der Waals surface area contributed by atoms with Gasteiger partial charge in [-0.2, -0.15) is 5.10 Å². The van der Waals surface area contributed by atoms with Crippen LogP contribution in [0, 0.1) is 11.8 Å². The van der Waals surface area contributed by atoms with E-state index in [1.807, 2.05) is 25.6 Å². The fourth-order valence-corrected chi connectivity index (χ4v) is 3.87. The van der Waals surface area contributed by atoms with Gasteiger partial charge in [0.25, 0.3) is 0 Å². The van der Waals surface area contributed by atoms with Crippen LogP contribution >= 0.6 is 15.9 Å². The highest BCUT2D eigenvalue weighted by Crippen LogP contribution is 2.34. The highest BCUT2D eigenvalue weighted by Gasteiger charge is 2.41. The van der Waals surface area contributed by atoms with Crippen molar-refractivity contribution in [2.75, 3.05) is 0 Å². The number of aryl methyl sites for hydroxylation is 2. The first-order chi connectivity index (χ1) is 9.36. The number of ether oxygens (including phenoxy) is 1. The van der Waals surface area contributed by atoms with Crippen LogP contribution in [-0.2, 0) is 29.4 Å². The summed E-state index contributed by atoms with van der Waals surface area (Å²) >= 11 is 3.57. The molecule has 1 saturated heterocycles. The van der Waals surface area contributed by atoms with E-state index in [0.717, 1.165) is 22.3 Å². The van der Waals surface area contributed by atoms with Gasteiger partial charge >= 0.3 is 0 Å². The molecule has 0 bridgehead atoms. The van der Waals surface area contributed by atoms with Crippen molar-refractivity contribution in [3.63, 3.8) is 0 Å². The second-order valence-electron chi connectivity index (χ2n) is 5.76. The zero-order chi connectivity index (χ0) is 15.0. The maximum Gasteiger partial charge on any atom is 0.144 e. The Morgan fingerprint density at radius 1 is 1.35 bits per heavy atom. The third-order valence-electron chi connectivity index (χ3n) is 4.46. The van der Waals surface area contributed by atoms with Crippen LogP contribution in [0.3, 0.4) is 0 Å². The molecule has 0 saturated carbocycles. The molecule has 1 aliphatic rings. The number of carbonyl (C=O) groups excluding carboxylic acids is 1. The van der Waals surface area contributed by atoms with Gasteiger partial charge in [0, 0.05) is 19.4 Å². The first kappa shape index (κ1) is 15.7. The fraction of sp³-hybridized carbons (Fsp3) is 0.733. The molecule has 2 heterocycles. The van der Waals surface area contributed by atoms with Crippen LogP contribution in [0.4, 0.5) is 0 Å². The normalized spacial score (nSPS) is 29.9. The van der Waals surface area contributed by atoms with Crippen molar-refractivity contribution in [1.29, 1.82) is 0 Å². The molecule has 4 unspecified atom stereocenters. The van der Waals surface area contributed by atoms with E-state index in [2.05, 4.69) is 34.9 Å². The molecule has 1 aromatic heterocycles. The zero-order valence-corrected chi connectivity index (χ0v) is 14.4. The van der Waals surface area contributed by atoms with Crippen LogP contribution in [-0.4, -0.2) is 27.8 Å². The molecule has 0 spiro atoms. The molecule has 0 amide bonds. The van der Waals surface area contributed by atoms with Crippen molar-refractivity contribution in [1.82, 2.24) is 9.78 Å². The summed E-state index contributed by atoms with van der Waals surface area (Å²) in [6.45, 7) is 8.21. The van der Waals surface area contributed by atoms with Crippen molar-refractivity contribution in [2.24, 2.45) is 18.9 Å². The molecule has 1 fully saturated rings. The smallest absolute Gasteiger partial charge is 0.144 e. The third kappa shape index (κ3) is 2.70. The Kier molecular flexibility index (Phi) is 4.69. The number of rotatable bonds is 4. The molecule has 0 N–H and O–H groups in total. The van der Waals surface area contributed by atoms with Gasteiger partial charge in [0.1, 0.15) is 5.78 Å². The largest absolute Gasteiger partial charge is 0.375 e. The van der Waals surface area contributed by atoms with Gasteiger partial charge in [-0.15, -0.1) is 0 Å². The summed E-state index contributed by atoms with van der Waals surface area (Å²) in [5, 5.41) is 4.45. The lowest BCUT2D eigenvalue weighted by molar-refractivity contribution is -0.124. The Hall–Kier alpha value is -0.680. The van der Waals surface area contributed by atoms with Gasteiger partial charge in [0.2, 0.25) is 0 Å². The number of hydrogen-bond acceptors (Lipinski definition) is 3. The molecular weight excluding hydrogens is 320 g/mol. The lowest BCUT2D eigenvalue weighted by Crippen LogP contribution is -2.28. The highest BCUT2D eigenvalue weighted by atomic mass is 79.9. The van der Waals surface area contributed by atoms with E-state index < -0.39 is 0 Å².